The Bertz CT molecular complexity index is 458. The number of anilines is 1. The maximum absolute atomic E-state index is 11.6. The minimum atomic E-state index is -0.395. The Morgan fingerprint density at radius 1 is 1.39 bits per heavy atom. The summed E-state index contributed by atoms with van der Waals surface area (Å²) in [6, 6.07) is 5.20. The number of esters is 1. The predicted molar refractivity (Wildman–Crippen MR) is 70.6 cm³/mol. The van der Waals surface area contributed by atoms with Crippen LogP contribution in [0.5, 0.6) is 0 Å². The van der Waals surface area contributed by atoms with Gasteiger partial charge in [0.2, 0.25) is 0 Å². The van der Waals surface area contributed by atoms with Crippen molar-refractivity contribution in [1.82, 2.24) is 0 Å². The van der Waals surface area contributed by atoms with Crippen LogP contribution in [0.4, 0.5) is 5.69 Å². The molecular weight excluding hydrogens is 254 g/mol. The summed E-state index contributed by atoms with van der Waals surface area (Å²) in [7, 11) is 0. The highest BCUT2D eigenvalue weighted by Crippen LogP contribution is 2.19. The van der Waals surface area contributed by atoms with Gasteiger partial charge in [-0.25, -0.2) is 0 Å². The topological polar surface area (TPSA) is 55.4 Å². The molecule has 0 aliphatic rings. The molecule has 1 amide bonds. The van der Waals surface area contributed by atoms with Gasteiger partial charge in [-0.15, -0.1) is 0 Å². The second-order valence-corrected chi connectivity index (χ2v) is 4.71. The van der Waals surface area contributed by atoms with Gasteiger partial charge < -0.3 is 10.1 Å². The largest absolute Gasteiger partial charge is 0.455 e. The third-order valence-corrected chi connectivity index (χ3v) is 2.53. The van der Waals surface area contributed by atoms with E-state index in [2.05, 4.69) is 5.32 Å². The number of carbonyl (C=O) groups excluding carboxylic acids is 2. The lowest BCUT2D eigenvalue weighted by atomic mass is 10.2. The van der Waals surface area contributed by atoms with Crippen LogP contribution in [0.3, 0.4) is 0 Å². The lowest BCUT2D eigenvalue weighted by molar-refractivity contribution is -0.150. The van der Waals surface area contributed by atoms with Crippen molar-refractivity contribution in [2.24, 2.45) is 5.92 Å². The minimum Gasteiger partial charge on any atom is -0.455 e. The van der Waals surface area contributed by atoms with E-state index in [-0.39, 0.29) is 18.4 Å². The zero-order valence-corrected chi connectivity index (χ0v) is 11.4. The van der Waals surface area contributed by atoms with Gasteiger partial charge in [-0.2, -0.15) is 0 Å². The second kappa shape index (κ2) is 6.40. The molecule has 1 aromatic carbocycles. The molecule has 0 spiro atoms. The van der Waals surface area contributed by atoms with E-state index < -0.39 is 5.97 Å². The standard InChI is InChI=1S/C13H16ClNO3/c1-8(2)13(17)18-7-12(16)15-11-6-10(14)5-4-9(11)3/h4-6,8H,7H2,1-3H3,(H,15,16). The van der Waals surface area contributed by atoms with Gasteiger partial charge in [0.1, 0.15) is 0 Å². The molecule has 0 aliphatic heterocycles. The molecule has 0 atom stereocenters. The summed E-state index contributed by atoms with van der Waals surface area (Å²) in [6.45, 7) is 4.98. The number of rotatable bonds is 4. The Morgan fingerprint density at radius 3 is 2.67 bits per heavy atom. The predicted octanol–water partition coefficient (Wildman–Crippen LogP) is 2.79. The van der Waals surface area contributed by atoms with Crippen LogP contribution in [-0.2, 0) is 14.3 Å². The van der Waals surface area contributed by atoms with Gasteiger partial charge >= 0.3 is 5.97 Å². The van der Waals surface area contributed by atoms with E-state index in [4.69, 9.17) is 16.3 Å². The van der Waals surface area contributed by atoms with Crippen LogP contribution in [0, 0.1) is 12.8 Å². The first-order chi connectivity index (χ1) is 8.40. The van der Waals surface area contributed by atoms with Gasteiger partial charge in [-0.3, -0.25) is 9.59 Å². The number of benzene rings is 1. The Hall–Kier alpha value is -1.55. The molecule has 0 fully saturated rings. The Balaban J connectivity index is 2.55. The summed E-state index contributed by atoms with van der Waals surface area (Å²) >= 11 is 5.83. The molecule has 0 aromatic heterocycles. The summed E-state index contributed by atoms with van der Waals surface area (Å²) in [6.07, 6.45) is 0. The van der Waals surface area contributed by atoms with Gasteiger partial charge in [0.15, 0.2) is 6.61 Å². The van der Waals surface area contributed by atoms with Crippen LogP contribution >= 0.6 is 11.6 Å². The van der Waals surface area contributed by atoms with E-state index in [0.717, 1.165) is 5.56 Å². The lowest BCUT2D eigenvalue weighted by Gasteiger charge is -2.10. The molecule has 1 rings (SSSR count). The summed E-state index contributed by atoms with van der Waals surface area (Å²) in [5.74, 6) is -1.02. The molecule has 18 heavy (non-hydrogen) atoms. The number of halogens is 1. The Morgan fingerprint density at radius 2 is 2.06 bits per heavy atom. The van der Waals surface area contributed by atoms with E-state index in [0.29, 0.717) is 10.7 Å². The van der Waals surface area contributed by atoms with Crippen molar-refractivity contribution in [2.45, 2.75) is 20.8 Å². The summed E-state index contributed by atoms with van der Waals surface area (Å²) in [5.41, 5.74) is 1.51. The maximum atomic E-state index is 11.6. The fourth-order valence-electron chi connectivity index (χ4n) is 1.22. The zero-order chi connectivity index (χ0) is 13.7. The van der Waals surface area contributed by atoms with E-state index in [1.54, 1.807) is 32.0 Å². The monoisotopic (exact) mass is 269 g/mol. The van der Waals surface area contributed by atoms with E-state index in [1.807, 2.05) is 6.92 Å². The molecule has 0 aliphatic carbocycles. The smallest absolute Gasteiger partial charge is 0.308 e. The van der Waals surface area contributed by atoms with Gasteiger partial charge in [0, 0.05) is 10.7 Å². The molecule has 1 N–H and O–H groups in total. The fraction of sp³-hybridized carbons (Fsp3) is 0.385. The highest BCUT2D eigenvalue weighted by Gasteiger charge is 2.11. The average molecular weight is 270 g/mol. The normalized spacial score (nSPS) is 10.3. The summed E-state index contributed by atoms with van der Waals surface area (Å²) in [4.78, 5) is 22.8. The van der Waals surface area contributed by atoms with E-state index in [1.165, 1.54) is 0 Å². The summed E-state index contributed by atoms with van der Waals surface area (Å²) in [5, 5.41) is 3.18. The first-order valence-corrected chi connectivity index (χ1v) is 6.00. The van der Waals surface area contributed by atoms with Gasteiger partial charge in [0.05, 0.1) is 5.92 Å². The first kappa shape index (κ1) is 14.5. The second-order valence-electron chi connectivity index (χ2n) is 4.27. The third kappa shape index (κ3) is 4.37. The average Bonchev–Trinajstić information content (AvgIpc) is 2.30. The zero-order valence-electron chi connectivity index (χ0n) is 10.6. The number of nitrogens with one attached hydrogen (secondary N) is 1. The molecule has 0 bridgehead atoms. The quantitative estimate of drug-likeness (QED) is 0.855. The van der Waals surface area contributed by atoms with Crippen molar-refractivity contribution in [3.8, 4) is 0 Å². The number of aryl methyl sites for hydroxylation is 1. The first-order valence-electron chi connectivity index (χ1n) is 5.62. The number of hydrogen-bond donors (Lipinski definition) is 1. The van der Waals surface area contributed by atoms with Crippen molar-refractivity contribution >= 4 is 29.2 Å². The van der Waals surface area contributed by atoms with Crippen LogP contribution in [0.15, 0.2) is 18.2 Å². The number of ether oxygens (including phenoxy) is 1. The molecule has 4 nitrogen and oxygen atoms in total. The molecule has 0 radical (unpaired) electrons. The van der Waals surface area contributed by atoms with Crippen molar-refractivity contribution in [3.05, 3.63) is 28.8 Å². The van der Waals surface area contributed by atoms with Crippen molar-refractivity contribution < 1.29 is 14.3 Å². The van der Waals surface area contributed by atoms with E-state index >= 15 is 0 Å². The molecule has 0 unspecified atom stereocenters. The molecule has 0 heterocycles. The molecule has 5 heteroatoms. The van der Waals surface area contributed by atoms with Gasteiger partial charge in [0.25, 0.3) is 5.91 Å². The fourth-order valence-corrected chi connectivity index (χ4v) is 1.39. The third-order valence-electron chi connectivity index (χ3n) is 2.29. The van der Waals surface area contributed by atoms with Crippen LogP contribution in [0.2, 0.25) is 5.02 Å². The van der Waals surface area contributed by atoms with Crippen molar-refractivity contribution in [1.29, 1.82) is 0 Å². The molecular formula is C13H16ClNO3. The minimum absolute atomic E-state index is 0.245. The molecule has 0 saturated carbocycles. The van der Waals surface area contributed by atoms with Gasteiger partial charge in [-0.05, 0) is 24.6 Å². The lowest BCUT2D eigenvalue weighted by Crippen LogP contribution is -2.23. The molecule has 98 valence electrons. The van der Waals surface area contributed by atoms with Crippen molar-refractivity contribution in [2.75, 3.05) is 11.9 Å². The number of carbonyl (C=O) groups is 2. The molecule has 1 aromatic rings. The SMILES string of the molecule is Cc1ccc(Cl)cc1NC(=O)COC(=O)C(C)C. The van der Waals surface area contributed by atoms with Crippen LogP contribution in [-0.4, -0.2) is 18.5 Å². The Kier molecular flexibility index (Phi) is 5.16. The van der Waals surface area contributed by atoms with Crippen LogP contribution < -0.4 is 5.32 Å². The highest BCUT2D eigenvalue weighted by molar-refractivity contribution is 6.31. The highest BCUT2D eigenvalue weighted by atomic mass is 35.5. The van der Waals surface area contributed by atoms with E-state index in [9.17, 15) is 9.59 Å². The number of amides is 1. The van der Waals surface area contributed by atoms with Gasteiger partial charge in [-0.1, -0.05) is 31.5 Å². The molecule has 0 saturated heterocycles. The summed E-state index contributed by atoms with van der Waals surface area (Å²) < 4.78 is 4.82. The Labute approximate surface area is 111 Å². The van der Waals surface area contributed by atoms with Crippen LogP contribution in [0.1, 0.15) is 19.4 Å². The van der Waals surface area contributed by atoms with Crippen LogP contribution in [0.25, 0.3) is 0 Å². The van der Waals surface area contributed by atoms with Crippen molar-refractivity contribution in [3.63, 3.8) is 0 Å². The number of hydrogen-bond acceptors (Lipinski definition) is 3. The maximum Gasteiger partial charge on any atom is 0.308 e.